The molecule has 1 aromatic carbocycles. The average Bonchev–Trinajstić information content (AvgIpc) is 2.77. The smallest absolute Gasteiger partial charge is 0.305 e. The highest BCUT2D eigenvalue weighted by atomic mass is 16.5. The minimum Gasteiger partial charge on any atom is -0.504 e. The van der Waals surface area contributed by atoms with Crippen molar-refractivity contribution in [2.75, 3.05) is 13.7 Å². The predicted molar refractivity (Wildman–Crippen MR) is 81.7 cm³/mol. The molecule has 0 saturated heterocycles. The average molecular weight is 335 g/mol. The zero-order chi connectivity index (χ0) is 18.0. The van der Waals surface area contributed by atoms with E-state index in [1.54, 1.807) is 0 Å². The fraction of sp³-hybridized carbons (Fsp3) is 0.312. The van der Waals surface area contributed by atoms with E-state index in [1.165, 1.54) is 32.2 Å². The third-order valence-corrected chi connectivity index (χ3v) is 3.77. The molecule has 8 nitrogen and oxygen atoms in total. The second-order valence-corrected chi connectivity index (χ2v) is 5.29. The number of Topliss-reactive ketones (excluding diaryl/α,β-unsaturated/α-hetero) is 1. The highest BCUT2D eigenvalue weighted by Gasteiger charge is 2.42. The van der Waals surface area contributed by atoms with Crippen LogP contribution in [-0.4, -0.2) is 51.5 Å². The Labute approximate surface area is 137 Å². The number of carbonyl (C=O) groups is 3. The molecule has 0 bridgehead atoms. The number of carboxylic acid groups (broad SMARTS) is 1. The molecule has 3 N–H and O–H groups in total. The number of aromatic hydroxyl groups is 1. The molecule has 1 atom stereocenters. The van der Waals surface area contributed by atoms with E-state index in [0.29, 0.717) is 5.56 Å². The number of hydrogen-bond donors (Lipinski definition) is 3. The number of aliphatic carboxylic acids is 1. The molecule has 1 unspecified atom stereocenters. The lowest BCUT2D eigenvalue weighted by Crippen LogP contribution is -2.33. The van der Waals surface area contributed by atoms with Gasteiger partial charge in [0.25, 0.3) is 5.91 Å². The molecule has 1 aliphatic heterocycles. The number of methoxy groups -OCH3 is 1. The molecule has 8 heteroatoms. The first kappa shape index (κ1) is 17.3. The summed E-state index contributed by atoms with van der Waals surface area (Å²) in [5, 5.41) is 28.5. The summed E-state index contributed by atoms with van der Waals surface area (Å²) < 4.78 is 5.02. The molecule has 1 aromatic rings. The lowest BCUT2D eigenvalue weighted by molar-refractivity contribution is -0.138. The third-order valence-electron chi connectivity index (χ3n) is 3.77. The maximum absolute atomic E-state index is 12.2. The maximum Gasteiger partial charge on any atom is 0.305 e. The van der Waals surface area contributed by atoms with E-state index < -0.39 is 29.5 Å². The van der Waals surface area contributed by atoms with Crippen LogP contribution in [0.5, 0.6) is 11.5 Å². The molecular formula is C16H17NO7. The van der Waals surface area contributed by atoms with Crippen LogP contribution in [0.2, 0.25) is 0 Å². The Kier molecular flexibility index (Phi) is 4.77. The van der Waals surface area contributed by atoms with Gasteiger partial charge < -0.3 is 25.0 Å². The highest BCUT2D eigenvalue weighted by Crippen LogP contribution is 2.40. The number of aliphatic hydroxyl groups excluding tert-OH is 1. The molecule has 0 aliphatic carbocycles. The van der Waals surface area contributed by atoms with Crippen molar-refractivity contribution in [3.05, 3.63) is 35.1 Å². The summed E-state index contributed by atoms with van der Waals surface area (Å²) in [5.74, 6) is -3.10. The number of nitrogens with zero attached hydrogens (tertiary/aromatic N) is 1. The minimum absolute atomic E-state index is 0.113. The topological polar surface area (TPSA) is 124 Å². The summed E-state index contributed by atoms with van der Waals surface area (Å²) in [6.07, 6.45) is -0.337. The minimum atomic E-state index is -1.11. The lowest BCUT2D eigenvalue weighted by Gasteiger charge is -2.26. The van der Waals surface area contributed by atoms with Gasteiger partial charge in [0, 0.05) is 6.54 Å². The molecular weight excluding hydrogens is 318 g/mol. The summed E-state index contributed by atoms with van der Waals surface area (Å²) in [6.45, 7) is 1.03. The molecule has 0 spiro atoms. The van der Waals surface area contributed by atoms with Crippen LogP contribution >= 0.6 is 0 Å². The Hall–Kier alpha value is -3.03. The Morgan fingerprint density at radius 2 is 1.96 bits per heavy atom. The number of hydrogen-bond acceptors (Lipinski definition) is 6. The Morgan fingerprint density at radius 3 is 2.50 bits per heavy atom. The molecule has 1 aliphatic rings. The molecule has 0 saturated carbocycles. The molecule has 0 fully saturated rings. The predicted octanol–water partition coefficient (Wildman–Crippen LogP) is 1.16. The zero-order valence-corrected chi connectivity index (χ0v) is 13.1. The van der Waals surface area contributed by atoms with Gasteiger partial charge in [-0.05, 0) is 24.6 Å². The second kappa shape index (κ2) is 6.61. The standard InChI is InChI=1S/C16H17NO7/c1-8(18)13-14(9-3-4-10(19)11(7-9)24-2)17(6-5-12(20)21)16(23)15(13)22/h3-4,7,14,19,22H,5-6H2,1-2H3,(H,20,21). The van der Waals surface area contributed by atoms with Gasteiger partial charge in [-0.25, -0.2) is 0 Å². The van der Waals surface area contributed by atoms with Crippen LogP contribution in [0.15, 0.2) is 29.5 Å². The Balaban J connectivity index is 2.52. The van der Waals surface area contributed by atoms with Gasteiger partial charge >= 0.3 is 5.97 Å². The monoisotopic (exact) mass is 335 g/mol. The number of rotatable bonds is 6. The normalized spacial score (nSPS) is 17.3. The molecule has 2 rings (SSSR count). The lowest BCUT2D eigenvalue weighted by atomic mass is 9.96. The van der Waals surface area contributed by atoms with Crippen molar-refractivity contribution < 1.29 is 34.4 Å². The van der Waals surface area contributed by atoms with Crippen molar-refractivity contribution in [2.45, 2.75) is 19.4 Å². The molecule has 0 aromatic heterocycles. The number of benzene rings is 1. The van der Waals surface area contributed by atoms with Gasteiger partial charge in [-0.15, -0.1) is 0 Å². The number of ketones is 1. The van der Waals surface area contributed by atoms with Crippen LogP contribution in [0.3, 0.4) is 0 Å². The second-order valence-electron chi connectivity index (χ2n) is 5.29. The third kappa shape index (κ3) is 3.03. The van der Waals surface area contributed by atoms with Crippen LogP contribution < -0.4 is 4.74 Å². The van der Waals surface area contributed by atoms with E-state index >= 15 is 0 Å². The van der Waals surface area contributed by atoms with Gasteiger partial charge in [0.2, 0.25) is 0 Å². The van der Waals surface area contributed by atoms with Crippen molar-refractivity contribution in [2.24, 2.45) is 0 Å². The first-order chi connectivity index (χ1) is 11.3. The number of amides is 1. The SMILES string of the molecule is COc1cc(C2C(C(C)=O)=C(O)C(=O)N2CCC(=O)O)ccc1O. The summed E-state index contributed by atoms with van der Waals surface area (Å²) in [6, 6.07) is 3.30. The molecule has 24 heavy (non-hydrogen) atoms. The number of phenolic OH excluding ortho intramolecular Hbond substituents is 1. The molecule has 1 amide bonds. The molecule has 1 heterocycles. The van der Waals surface area contributed by atoms with Gasteiger partial charge in [0.1, 0.15) is 0 Å². The first-order valence-corrected chi connectivity index (χ1v) is 7.11. The van der Waals surface area contributed by atoms with Gasteiger partial charge in [-0.3, -0.25) is 14.4 Å². The summed E-state index contributed by atoms with van der Waals surface area (Å²) in [4.78, 5) is 36.1. The van der Waals surface area contributed by atoms with E-state index in [0.717, 1.165) is 4.90 Å². The largest absolute Gasteiger partial charge is 0.504 e. The number of carbonyl (C=O) groups excluding carboxylic acids is 2. The summed E-state index contributed by atoms with van der Waals surface area (Å²) >= 11 is 0. The van der Waals surface area contributed by atoms with E-state index in [1.807, 2.05) is 0 Å². The van der Waals surface area contributed by atoms with Gasteiger partial charge in [-0.1, -0.05) is 6.07 Å². The van der Waals surface area contributed by atoms with Gasteiger partial charge in [-0.2, -0.15) is 0 Å². The van der Waals surface area contributed by atoms with Crippen molar-refractivity contribution in [3.8, 4) is 11.5 Å². The maximum atomic E-state index is 12.2. The Morgan fingerprint density at radius 1 is 1.29 bits per heavy atom. The van der Waals surface area contributed by atoms with E-state index in [2.05, 4.69) is 0 Å². The van der Waals surface area contributed by atoms with Crippen LogP contribution in [-0.2, 0) is 14.4 Å². The number of aliphatic hydroxyl groups is 1. The van der Waals surface area contributed by atoms with Crippen molar-refractivity contribution in [1.82, 2.24) is 4.90 Å². The Bertz CT molecular complexity index is 738. The molecule has 128 valence electrons. The number of ether oxygens (including phenoxy) is 1. The fourth-order valence-corrected chi connectivity index (χ4v) is 2.67. The fourth-order valence-electron chi connectivity index (χ4n) is 2.67. The first-order valence-electron chi connectivity index (χ1n) is 7.11. The quantitative estimate of drug-likeness (QED) is 0.712. The van der Waals surface area contributed by atoms with Crippen molar-refractivity contribution in [3.63, 3.8) is 0 Å². The van der Waals surface area contributed by atoms with Gasteiger partial charge in [0.15, 0.2) is 23.0 Å². The van der Waals surface area contributed by atoms with Crippen molar-refractivity contribution in [1.29, 1.82) is 0 Å². The van der Waals surface area contributed by atoms with E-state index in [9.17, 15) is 24.6 Å². The van der Waals surface area contributed by atoms with Crippen molar-refractivity contribution >= 4 is 17.7 Å². The van der Waals surface area contributed by atoms with Crippen LogP contribution in [0.1, 0.15) is 24.9 Å². The molecule has 0 radical (unpaired) electrons. The van der Waals surface area contributed by atoms with Crippen LogP contribution in [0, 0.1) is 0 Å². The van der Waals surface area contributed by atoms with Gasteiger partial charge in [0.05, 0.1) is 25.1 Å². The van der Waals surface area contributed by atoms with Crippen LogP contribution in [0.4, 0.5) is 0 Å². The van der Waals surface area contributed by atoms with Crippen LogP contribution in [0.25, 0.3) is 0 Å². The summed E-state index contributed by atoms with van der Waals surface area (Å²) in [7, 11) is 1.35. The summed E-state index contributed by atoms with van der Waals surface area (Å²) in [5.41, 5.74) is 0.302. The van der Waals surface area contributed by atoms with E-state index in [-0.39, 0.29) is 30.0 Å². The van der Waals surface area contributed by atoms with E-state index in [4.69, 9.17) is 9.84 Å². The number of carboxylic acids is 1. The highest BCUT2D eigenvalue weighted by molar-refractivity contribution is 6.08. The number of phenols is 1. The zero-order valence-electron chi connectivity index (χ0n) is 13.1.